The average molecular weight is 426 g/mol. The lowest BCUT2D eigenvalue weighted by molar-refractivity contribution is -0.175. The minimum Gasteiger partial charge on any atom is -0.490 e. The molecule has 0 bridgehead atoms. The number of likely N-dealkylation sites (tertiary alicyclic amines) is 1. The Bertz CT molecular complexity index is 930. The summed E-state index contributed by atoms with van der Waals surface area (Å²) in [6.07, 6.45) is 7.58. The first-order valence-electron chi connectivity index (χ1n) is 11.6. The molecule has 6 nitrogen and oxygen atoms in total. The molecule has 5 rings (SSSR count). The smallest absolute Gasteiger partial charge is 0.167 e. The number of benzene rings is 1. The van der Waals surface area contributed by atoms with Gasteiger partial charge in [0.2, 0.25) is 0 Å². The third-order valence-electron chi connectivity index (χ3n) is 7.52. The molecule has 0 amide bonds. The van der Waals surface area contributed by atoms with Crippen molar-refractivity contribution in [3.8, 4) is 11.5 Å². The molecule has 1 aromatic heterocycles. The van der Waals surface area contributed by atoms with Crippen molar-refractivity contribution in [2.45, 2.75) is 58.3 Å². The number of ether oxygens (including phenoxy) is 3. The molecule has 1 aromatic carbocycles. The number of aryl methyl sites for hydroxylation is 1. The number of para-hydroxylation sites is 1. The summed E-state index contributed by atoms with van der Waals surface area (Å²) in [4.78, 5) is 7.03. The summed E-state index contributed by atoms with van der Waals surface area (Å²) in [7, 11) is 2.03. The van der Waals surface area contributed by atoms with E-state index >= 15 is 0 Å². The van der Waals surface area contributed by atoms with E-state index in [0.29, 0.717) is 12.5 Å². The van der Waals surface area contributed by atoms with E-state index in [9.17, 15) is 0 Å². The third-order valence-corrected chi connectivity index (χ3v) is 7.52. The molecule has 0 aliphatic carbocycles. The van der Waals surface area contributed by atoms with E-state index in [1.54, 1.807) is 0 Å². The molecule has 0 saturated carbocycles. The van der Waals surface area contributed by atoms with E-state index < -0.39 is 0 Å². The Hall–Kier alpha value is -2.05. The lowest BCUT2D eigenvalue weighted by Gasteiger charge is -2.54. The van der Waals surface area contributed by atoms with Crippen LogP contribution in [0.2, 0.25) is 0 Å². The van der Waals surface area contributed by atoms with Gasteiger partial charge in [0, 0.05) is 31.3 Å². The van der Waals surface area contributed by atoms with Crippen LogP contribution in [0.25, 0.3) is 0 Å². The molecule has 0 unspecified atom stereocenters. The van der Waals surface area contributed by atoms with Crippen LogP contribution >= 0.6 is 0 Å². The first-order valence-corrected chi connectivity index (χ1v) is 11.6. The zero-order chi connectivity index (χ0) is 21.6. The van der Waals surface area contributed by atoms with Gasteiger partial charge in [-0.1, -0.05) is 12.1 Å². The number of piperidine rings is 1. The van der Waals surface area contributed by atoms with Crippen LogP contribution in [0.3, 0.4) is 0 Å². The van der Waals surface area contributed by atoms with E-state index in [2.05, 4.69) is 42.1 Å². The Labute approximate surface area is 185 Å². The molecule has 1 spiro atoms. The molecule has 168 valence electrons. The minimum absolute atomic E-state index is 0.0799. The molecule has 2 atom stereocenters. The fourth-order valence-corrected chi connectivity index (χ4v) is 5.72. The predicted octanol–water partition coefficient (Wildman–Crippen LogP) is 4.35. The number of nitrogens with zero attached hydrogens (tertiary/aromatic N) is 3. The van der Waals surface area contributed by atoms with Gasteiger partial charge in [-0.15, -0.1) is 0 Å². The summed E-state index contributed by atoms with van der Waals surface area (Å²) >= 11 is 0. The maximum atomic E-state index is 6.66. The van der Waals surface area contributed by atoms with Crippen molar-refractivity contribution in [3.63, 3.8) is 0 Å². The number of fused-ring (bicyclic) bond motifs is 3. The fraction of sp³-hybridized carbons (Fsp3) is 0.640. The first kappa shape index (κ1) is 20.8. The van der Waals surface area contributed by atoms with Crippen LogP contribution in [0.15, 0.2) is 30.7 Å². The Kier molecular flexibility index (Phi) is 5.25. The largest absolute Gasteiger partial charge is 0.490 e. The Morgan fingerprint density at radius 3 is 2.74 bits per heavy atom. The minimum atomic E-state index is -0.288. The highest BCUT2D eigenvalue weighted by atomic mass is 16.5. The quantitative estimate of drug-likeness (QED) is 0.729. The lowest BCUT2D eigenvalue weighted by Crippen LogP contribution is -2.54. The lowest BCUT2D eigenvalue weighted by atomic mass is 9.64. The summed E-state index contributed by atoms with van der Waals surface area (Å²) in [5.74, 6) is 2.04. The number of aromatic nitrogens is 2. The van der Waals surface area contributed by atoms with Gasteiger partial charge in [-0.2, -0.15) is 0 Å². The monoisotopic (exact) mass is 425 g/mol. The molecule has 31 heavy (non-hydrogen) atoms. The van der Waals surface area contributed by atoms with Gasteiger partial charge in [-0.05, 0) is 64.6 Å². The van der Waals surface area contributed by atoms with E-state index in [4.69, 9.17) is 14.2 Å². The summed E-state index contributed by atoms with van der Waals surface area (Å²) in [5, 5.41) is 0. The van der Waals surface area contributed by atoms with Crippen LogP contribution in [0, 0.1) is 11.3 Å². The maximum absolute atomic E-state index is 6.66. The highest BCUT2D eigenvalue weighted by molar-refractivity contribution is 5.50. The summed E-state index contributed by atoms with van der Waals surface area (Å²) in [5.41, 5.74) is 2.26. The summed E-state index contributed by atoms with van der Waals surface area (Å²) < 4.78 is 21.1. The molecule has 2 saturated heterocycles. The molecule has 3 aliphatic heterocycles. The molecule has 0 radical (unpaired) electrons. The Balaban J connectivity index is 1.31. The zero-order valence-corrected chi connectivity index (χ0v) is 19.3. The van der Waals surface area contributed by atoms with Crippen LogP contribution in [-0.2, 0) is 18.3 Å². The van der Waals surface area contributed by atoms with E-state index in [1.165, 1.54) is 12.8 Å². The van der Waals surface area contributed by atoms with Crippen molar-refractivity contribution >= 4 is 0 Å². The van der Waals surface area contributed by atoms with Gasteiger partial charge in [-0.25, -0.2) is 4.98 Å². The SMILES string of the molecule is CCOc1cccc2c1OC(C)(C)[C@H]1CC3(CCN(Cc4cn(C)cn4)CC3)CO[C@H]21. The highest BCUT2D eigenvalue weighted by Gasteiger charge is 2.53. The van der Waals surface area contributed by atoms with Crippen LogP contribution < -0.4 is 9.47 Å². The molecule has 6 heteroatoms. The van der Waals surface area contributed by atoms with Crippen molar-refractivity contribution in [3.05, 3.63) is 42.0 Å². The van der Waals surface area contributed by atoms with Gasteiger partial charge in [-0.3, -0.25) is 4.90 Å². The summed E-state index contributed by atoms with van der Waals surface area (Å²) in [6.45, 7) is 11.0. The van der Waals surface area contributed by atoms with Gasteiger partial charge in [0.1, 0.15) is 5.60 Å². The normalized spacial score (nSPS) is 26.7. The Morgan fingerprint density at radius 2 is 2.03 bits per heavy atom. The van der Waals surface area contributed by atoms with Crippen LogP contribution in [0.1, 0.15) is 57.4 Å². The standard InChI is InChI=1S/C25H35N3O3/c1-5-29-21-8-6-7-19-22-20(24(2,3)31-23(19)21)13-25(16-30-22)9-11-28(12-10-25)15-18-14-27(4)17-26-18/h6-8,14,17,20,22H,5,9-13,15-16H2,1-4H3/t20-,22+/m0/s1. The molecule has 3 aliphatic rings. The number of hydrogen-bond donors (Lipinski definition) is 0. The third kappa shape index (κ3) is 3.85. The van der Waals surface area contributed by atoms with Crippen LogP contribution in [0.5, 0.6) is 11.5 Å². The molecule has 2 aromatic rings. The number of imidazole rings is 1. The van der Waals surface area contributed by atoms with E-state index in [0.717, 1.165) is 55.4 Å². The molecule has 4 heterocycles. The van der Waals surface area contributed by atoms with E-state index in [1.807, 2.05) is 30.9 Å². The molecule has 2 fully saturated rings. The van der Waals surface area contributed by atoms with Crippen molar-refractivity contribution in [2.75, 3.05) is 26.3 Å². The fourth-order valence-electron chi connectivity index (χ4n) is 5.72. The van der Waals surface area contributed by atoms with Crippen LogP contribution in [-0.4, -0.2) is 46.4 Å². The van der Waals surface area contributed by atoms with Crippen molar-refractivity contribution < 1.29 is 14.2 Å². The van der Waals surface area contributed by atoms with Gasteiger partial charge in [0.25, 0.3) is 0 Å². The van der Waals surface area contributed by atoms with Crippen LogP contribution in [0.4, 0.5) is 0 Å². The van der Waals surface area contributed by atoms with Crippen molar-refractivity contribution in [2.24, 2.45) is 18.4 Å². The van der Waals surface area contributed by atoms with Gasteiger partial charge in [0.05, 0.1) is 31.3 Å². The topological polar surface area (TPSA) is 48.8 Å². The first-order chi connectivity index (χ1) is 14.9. The van der Waals surface area contributed by atoms with E-state index in [-0.39, 0.29) is 17.1 Å². The molecular formula is C25H35N3O3. The van der Waals surface area contributed by atoms with Crippen molar-refractivity contribution in [1.29, 1.82) is 0 Å². The maximum Gasteiger partial charge on any atom is 0.167 e. The average Bonchev–Trinajstić information content (AvgIpc) is 3.15. The second-order valence-electron chi connectivity index (χ2n) is 10.2. The van der Waals surface area contributed by atoms with Crippen molar-refractivity contribution in [1.82, 2.24) is 14.5 Å². The molecule has 0 N–H and O–H groups in total. The number of hydrogen-bond acceptors (Lipinski definition) is 5. The zero-order valence-electron chi connectivity index (χ0n) is 19.3. The Morgan fingerprint density at radius 1 is 1.23 bits per heavy atom. The van der Waals surface area contributed by atoms with Gasteiger partial charge >= 0.3 is 0 Å². The second kappa shape index (κ2) is 7.82. The van der Waals surface area contributed by atoms with Gasteiger partial charge in [0.15, 0.2) is 11.5 Å². The second-order valence-corrected chi connectivity index (χ2v) is 10.2. The predicted molar refractivity (Wildman–Crippen MR) is 119 cm³/mol. The number of rotatable bonds is 4. The van der Waals surface area contributed by atoms with Gasteiger partial charge < -0.3 is 18.8 Å². The summed E-state index contributed by atoms with van der Waals surface area (Å²) in [6, 6.07) is 6.21. The highest BCUT2D eigenvalue weighted by Crippen LogP contribution is 2.57. The molecular weight excluding hydrogens is 390 g/mol.